The van der Waals surface area contributed by atoms with Crippen LogP contribution in [0.4, 0.5) is 4.39 Å². The zero-order chi connectivity index (χ0) is 21.8. The molecule has 0 spiro atoms. The number of hydrogen-bond donors (Lipinski definition) is 1. The first-order chi connectivity index (χ1) is 15.6. The number of ether oxygens (including phenoxy) is 1. The van der Waals surface area contributed by atoms with Gasteiger partial charge in [0.05, 0.1) is 41.5 Å². The average molecular weight is 427 g/mol. The van der Waals surface area contributed by atoms with Gasteiger partial charge in [-0.1, -0.05) is 6.07 Å². The van der Waals surface area contributed by atoms with E-state index in [1.54, 1.807) is 45.9 Å². The molecular formula is C22H14FN7O2. The molecule has 1 aliphatic rings. The molecule has 4 heterocycles. The van der Waals surface area contributed by atoms with Crippen molar-refractivity contribution < 1.29 is 9.13 Å². The van der Waals surface area contributed by atoms with Crippen LogP contribution in [0.2, 0.25) is 0 Å². The minimum absolute atomic E-state index is 0.314. The lowest BCUT2D eigenvalue weighted by Gasteiger charge is -2.26. The quantitative estimate of drug-likeness (QED) is 0.463. The van der Waals surface area contributed by atoms with Gasteiger partial charge in [0.1, 0.15) is 23.4 Å². The van der Waals surface area contributed by atoms with Crippen LogP contribution in [0.5, 0.6) is 5.75 Å². The predicted octanol–water partition coefficient (Wildman–Crippen LogP) is 2.84. The maximum Gasteiger partial charge on any atom is 0.328 e. The molecule has 0 fully saturated rings. The number of halogens is 1. The number of nitriles is 1. The Morgan fingerprint density at radius 2 is 2.12 bits per heavy atom. The van der Waals surface area contributed by atoms with Gasteiger partial charge in [0.2, 0.25) is 5.95 Å². The number of benzene rings is 2. The third kappa shape index (κ3) is 2.68. The lowest BCUT2D eigenvalue weighted by molar-refractivity contribution is 0.255. The smallest absolute Gasteiger partial charge is 0.328 e. The molecule has 0 amide bonds. The van der Waals surface area contributed by atoms with Gasteiger partial charge in [-0.25, -0.2) is 19.2 Å². The largest absolute Gasteiger partial charge is 0.493 e. The summed E-state index contributed by atoms with van der Waals surface area (Å²) in [6.45, 7) is 0.348. The highest BCUT2D eigenvalue weighted by atomic mass is 19.1. The lowest BCUT2D eigenvalue weighted by Crippen LogP contribution is -2.28. The molecule has 2 aromatic carbocycles. The molecule has 0 saturated heterocycles. The molecular weight excluding hydrogens is 413 g/mol. The molecule has 0 radical (unpaired) electrons. The number of fused-ring (bicyclic) bond motifs is 3. The van der Waals surface area contributed by atoms with E-state index in [2.05, 4.69) is 26.0 Å². The summed E-state index contributed by atoms with van der Waals surface area (Å²) in [5.41, 5.74) is 3.14. The van der Waals surface area contributed by atoms with Crippen LogP contribution in [0.25, 0.3) is 28.1 Å². The molecule has 0 saturated carbocycles. The Hall–Kier alpha value is -4.52. The first-order valence-electron chi connectivity index (χ1n) is 9.89. The monoisotopic (exact) mass is 427 g/mol. The van der Waals surface area contributed by atoms with E-state index in [0.29, 0.717) is 58.0 Å². The van der Waals surface area contributed by atoms with Gasteiger partial charge in [-0.05, 0) is 24.3 Å². The second kappa shape index (κ2) is 6.75. The molecule has 3 aromatic heterocycles. The summed E-state index contributed by atoms with van der Waals surface area (Å²) in [5.74, 6) is 0.333. The van der Waals surface area contributed by atoms with Gasteiger partial charge >= 0.3 is 5.69 Å². The van der Waals surface area contributed by atoms with Crippen LogP contribution in [0.3, 0.4) is 0 Å². The molecule has 10 heteroatoms. The molecule has 0 aliphatic carbocycles. The van der Waals surface area contributed by atoms with Gasteiger partial charge < -0.3 is 9.72 Å². The number of H-pyrrole nitrogens is 1. The fourth-order valence-corrected chi connectivity index (χ4v) is 4.16. The van der Waals surface area contributed by atoms with Gasteiger partial charge in [-0.3, -0.25) is 9.13 Å². The van der Waals surface area contributed by atoms with Crippen molar-refractivity contribution in [2.45, 2.75) is 12.5 Å². The van der Waals surface area contributed by atoms with E-state index in [0.717, 1.165) is 0 Å². The first-order valence-corrected chi connectivity index (χ1v) is 9.89. The molecule has 32 heavy (non-hydrogen) atoms. The van der Waals surface area contributed by atoms with E-state index < -0.39 is 5.82 Å². The van der Waals surface area contributed by atoms with E-state index in [-0.39, 0.29) is 11.7 Å². The van der Waals surface area contributed by atoms with Crippen molar-refractivity contribution in [2.75, 3.05) is 6.61 Å². The number of aromatic nitrogens is 6. The van der Waals surface area contributed by atoms with Crippen molar-refractivity contribution in [3.05, 3.63) is 76.4 Å². The second-order valence-electron chi connectivity index (χ2n) is 7.47. The van der Waals surface area contributed by atoms with Crippen molar-refractivity contribution in [1.29, 1.82) is 5.26 Å². The predicted molar refractivity (Wildman–Crippen MR) is 112 cm³/mol. The summed E-state index contributed by atoms with van der Waals surface area (Å²) in [6.07, 6.45) is 3.65. The fraction of sp³-hybridized carbons (Fsp3) is 0.136. The van der Waals surface area contributed by atoms with Crippen LogP contribution >= 0.6 is 0 Å². The Bertz CT molecular complexity index is 1630. The van der Waals surface area contributed by atoms with Crippen molar-refractivity contribution in [1.82, 2.24) is 29.1 Å². The Labute approximate surface area is 179 Å². The number of rotatable bonds is 2. The maximum atomic E-state index is 13.7. The maximum absolute atomic E-state index is 13.7. The molecule has 5 aromatic rings. The van der Waals surface area contributed by atoms with Crippen molar-refractivity contribution in [2.24, 2.45) is 0 Å². The molecule has 6 rings (SSSR count). The third-order valence-corrected chi connectivity index (χ3v) is 5.63. The average Bonchev–Trinajstić information content (AvgIpc) is 3.37. The summed E-state index contributed by atoms with van der Waals surface area (Å²) in [5, 5.41) is 9.23. The van der Waals surface area contributed by atoms with Crippen LogP contribution < -0.4 is 10.4 Å². The highest BCUT2D eigenvalue weighted by Crippen LogP contribution is 2.35. The van der Waals surface area contributed by atoms with Crippen LogP contribution in [-0.2, 0) is 0 Å². The molecule has 156 valence electrons. The summed E-state index contributed by atoms with van der Waals surface area (Å²) in [4.78, 5) is 29.1. The van der Waals surface area contributed by atoms with Gasteiger partial charge in [-0.15, -0.1) is 0 Å². The number of imidazole rings is 2. The van der Waals surface area contributed by atoms with Gasteiger partial charge in [0.25, 0.3) is 0 Å². The molecule has 1 aliphatic heterocycles. The molecule has 0 unspecified atom stereocenters. The van der Waals surface area contributed by atoms with E-state index >= 15 is 0 Å². The molecule has 1 N–H and O–H groups in total. The van der Waals surface area contributed by atoms with Crippen molar-refractivity contribution in [3.63, 3.8) is 0 Å². The van der Waals surface area contributed by atoms with Crippen LogP contribution in [0.1, 0.15) is 23.6 Å². The standard InChI is InChI=1S/C22H14FN7O2/c23-13-2-3-14-17(5-6-32-19(14)8-13)30-20-16(27-22(30)31)10-25-21(28-20)29-11-26-15-4-1-12(9-24)7-18(15)29/h1-4,7-8,10-11,17H,5-6H2,(H,27,31)/t17-/m1/s1. The summed E-state index contributed by atoms with van der Waals surface area (Å²) < 4.78 is 22.5. The van der Waals surface area contributed by atoms with Crippen LogP contribution in [0, 0.1) is 17.1 Å². The summed E-state index contributed by atoms with van der Waals surface area (Å²) in [6, 6.07) is 11.2. The SMILES string of the molecule is N#Cc1ccc2ncn(-c3ncc4[nH]c(=O)n([C@@H]5CCOc6cc(F)ccc65)c4n3)c2c1. The minimum Gasteiger partial charge on any atom is -0.493 e. The highest BCUT2D eigenvalue weighted by molar-refractivity contribution is 5.79. The zero-order valence-electron chi connectivity index (χ0n) is 16.5. The van der Waals surface area contributed by atoms with E-state index in [1.807, 2.05) is 0 Å². The molecule has 1 atom stereocenters. The van der Waals surface area contributed by atoms with Crippen LogP contribution in [0.15, 0.2) is 53.7 Å². The highest BCUT2D eigenvalue weighted by Gasteiger charge is 2.27. The number of nitrogens with one attached hydrogen (secondary N) is 1. The zero-order valence-corrected chi connectivity index (χ0v) is 16.5. The summed E-state index contributed by atoms with van der Waals surface area (Å²) >= 11 is 0. The Morgan fingerprint density at radius 3 is 3.00 bits per heavy atom. The Balaban J connectivity index is 1.55. The van der Waals surface area contributed by atoms with Crippen molar-refractivity contribution in [3.8, 4) is 17.8 Å². The fourth-order valence-electron chi connectivity index (χ4n) is 4.16. The van der Waals surface area contributed by atoms with Gasteiger partial charge in [0, 0.05) is 18.1 Å². The number of hydrogen-bond acceptors (Lipinski definition) is 6. The minimum atomic E-state index is -0.399. The molecule has 9 nitrogen and oxygen atoms in total. The lowest BCUT2D eigenvalue weighted by atomic mass is 10.0. The Morgan fingerprint density at radius 1 is 1.22 bits per heavy atom. The number of nitrogens with zero attached hydrogens (tertiary/aromatic N) is 6. The summed E-state index contributed by atoms with van der Waals surface area (Å²) in [7, 11) is 0. The van der Waals surface area contributed by atoms with Crippen molar-refractivity contribution >= 4 is 22.2 Å². The van der Waals surface area contributed by atoms with Gasteiger partial charge in [0.15, 0.2) is 5.65 Å². The third-order valence-electron chi connectivity index (χ3n) is 5.63. The number of aromatic amines is 1. The van der Waals surface area contributed by atoms with Gasteiger partial charge in [-0.2, -0.15) is 10.2 Å². The van der Waals surface area contributed by atoms with E-state index in [9.17, 15) is 14.4 Å². The second-order valence-corrected chi connectivity index (χ2v) is 7.47. The van der Waals surface area contributed by atoms with E-state index in [1.165, 1.54) is 12.1 Å². The van der Waals surface area contributed by atoms with E-state index in [4.69, 9.17) is 4.74 Å². The molecule has 0 bridgehead atoms. The topological polar surface area (TPSA) is 114 Å². The Kier molecular flexibility index (Phi) is 3.85. The van der Waals surface area contributed by atoms with Crippen LogP contribution in [-0.4, -0.2) is 35.7 Å². The first kappa shape index (κ1) is 18.3. The normalized spacial score (nSPS) is 15.4.